The van der Waals surface area contributed by atoms with Gasteiger partial charge in [0.05, 0.1) is 5.56 Å². The number of carbonyl (C=O) groups excluding carboxylic acids is 2. The first-order valence-electron chi connectivity index (χ1n) is 8.13. The highest BCUT2D eigenvalue weighted by atomic mass is 19.1. The lowest BCUT2D eigenvalue weighted by atomic mass is 10.1. The van der Waals surface area contributed by atoms with Crippen molar-refractivity contribution >= 4 is 23.2 Å². The molecule has 5 nitrogen and oxygen atoms in total. The van der Waals surface area contributed by atoms with Crippen LogP contribution < -0.4 is 15.5 Å². The topological polar surface area (TPSA) is 61.4 Å². The molecule has 1 aliphatic rings. The predicted octanol–water partition coefficient (Wildman–Crippen LogP) is 3.04. The number of halogens is 1. The Morgan fingerprint density at radius 3 is 2.32 bits per heavy atom. The number of nitrogens with zero attached hydrogens (tertiary/aromatic N) is 1. The van der Waals surface area contributed by atoms with Crippen LogP contribution in [0.5, 0.6) is 0 Å². The van der Waals surface area contributed by atoms with Crippen LogP contribution in [-0.2, 0) is 0 Å². The minimum absolute atomic E-state index is 0.149. The van der Waals surface area contributed by atoms with Crippen molar-refractivity contribution < 1.29 is 14.0 Å². The number of anilines is 2. The van der Waals surface area contributed by atoms with Crippen LogP contribution in [0.25, 0.3) is 0 Å². The maximum atomic E-state index is 13.0. The highest BCUT2D eigenvalue weighted by molar-refractivity contribution is 6.06. The van der Waals surface area contributed by atoms with Crippen LogP contribution in [0.2, 0.25) is 0 Å². The molecule has 2 N–H and O–H groups in total. The minimum Gasteiger partial charge on any atom is -0.377 e. The highest BCUT2D eigenvalue weighted by Gasteiger charge is 2.25. The van der Waals surface area contributed by atoms with Crippen molar-refractivity contribution in [1.29, 1.82) is 0 Å². The Kier molecular flexibility index (Phi) is 4.70. The van der Waals surface area contributed by atoms with Crippen molar-refractivity contribution in [3.05, 3.63) is 59.4 Å². The number of carbonyl (C=O) groups is 2. The second kappa shape index (κ2) is 6.93. The maximum Gasteiger partial charge on any atom is 0.255 e. The molecule has 0 heterocycles. The number of hydrogen-bond acceptors (Lipinski definition) is 3. The van der Waals surface area contributed by atoms with Crippen LogP contribution >= 0.6 is 0 Å². The van der Waals surface area contributed by atoms with Crippen LogP contribution in [0.3, 0.4) is 0 Å². The summed E-state index contributed by atoms with van der Waals surface area (Å²) in [6.07, 6.45) is 2.01. The van der Waals surface area contributed by atoms with Crippen LogP contribution in [-0.4, -0.2) is 32.0 Å². The van der Waals surface area contributed by atoms with Crippen LogP contribution in [0.4, 0.5) is 15.8 Å². The molecular formula is C19H20FN3O2. The Balaban J connectivity index is 1.82. The van der Waals surface area contributed by atoms with Crippen LogP contribution in [0.15, 0.2) is 42.5 Å². The summed E-state index contributed by atoms with van der Waals surface area (Å²) in [7, 11) is 3.72. The molecule has 2 aromatic carbocycles. The molecule has 25 heavy (non-hydrogen) atoms. The van der Waals surface area contributed by atoms with E-state index in [1.165, 1.54) is 24.3 Å². The van der Waals surface area contributed by atoms with Gasteiger partial charge in [-0.15, -0.1) is 0 Å². The zero-order chi connectivity index (χ0) is 18.0. The molecule has 0 atom stereocenters. The lowest BCUT2D eigenvalue weighted by Gasteiger charge is -2.18. The van der Waals surface area contributed by atoms with Gasteiger partial charge in [-0.3, -0.25) is 9.59 Å². The second-order valence-corrected chi connectivity index (χ2v) is 6.34. The quantitative estimate of drug-likeness (QED) is 0.879. The lowest BCUT2D eigenvalue weighted by molar-refractivity contribution is 0.0950. The number of nitrogens with one attached hydrogen (secondary N) is 2. The van der Waals surface area contributed by atoms with E-state index in [2.05, 4.69) is 10.6 Å². The average molecular weight is 341 g/mol. The molecule has 0 spiro atoms. The van der Waals surface area contributed by atoms with E-state index in [0.717, 1.165) is 18.5 Å². The third-order valence-corrected chi connectivity index (χ3v) is 4.00. The van der Waals surface area contributed by atoms with Gasteiger partial charge in [0.1, 0.15) is 5.82 Å². The molecule has 0 saturated heterocycles. The highest BCUT2D eigenvalue weighted by Crippen LogP contribution is 2.25. The second-order valence-electron chi connectivity index (χ2n) is 6.34. The Labute approximate surface area is 145 Å². The van der Waals surface area contributed by atoms with Gasteiger partial charge >= 0.3 is 0 Å². The Hall–Kier alpha value is -2.89. The summed E-state index contributed by atoms with van der Waals surface area (Å²) in [6, 6.07) is 10.7. The summed E-state index contributed by atoms with van der Waals surface area (Å²) < 4.78 is 13.0. The fourth-order valence-corrected chi connectivity index (χ4v) is 2.48. The normalized spacial score (nSPS) is 13.2. The van der Waals surface area contributed by atoms with Gasteiger partial charge in [-0.05, 0) is 55.3 Å². The van der Waals surface area contributed by atoms with Gasteiger partial charge in [0.25, 0.3) is 11.8 Å². The summed E-state index contributed by atoms with van der Waals surface area (Å²) in [5.74, 6) is -0.902. The molecule has 0 radical (unpaired) electrons. The fourth-order valence-electron chi connectivity index (χ4n) is 2.48. The van der Waals surface area contributed by atoms with E-state index in [9.17, 15) is 14.0 Å². The summed E-state index contributed by atoms with van der Waals surface area (Å²) in [5, 5.41) is 5.71. The first-order chi connectivity index (χ1) is 11.9. The third-order valence-electron chi connectivity index (χ3n) is 4.00. The molecule has 0 unspecified atom stereocenters. The molecular weight excluding hydrogens is 321 g/mol. The van der Waals surface area contributed by atoms with E-state index in [1.54, 1.807) is 18.2 Å². The van der Waals surface area contributed by atoms with Crippen molar-refractivity contribution in [2.75, 3.05) is 24.3 Å². The van der Waals surface area contributed by atoms with Gasteiger partial charge in [0.2, 0.25) is 0 Å². The first kappa shape index (κ1) is 17.0. The number of rotatable bonds is 5. The maximum absolute atomic E-state index is 13.0. The van der Waals surface area contributed by atoms with E-state index >= 15 is 0 Å². The monoisotopic (exact) mass is 341 g/mol. The van der Waals surface area contributed by atoms with Crippen molar-refractivity contribution in [2.45, 2.75) is 18.9 Å². The van der Waals surface area contributed by atoms with Crippen molar-refractivity contribution in [1.82, 2.24) is 5.32 Å². The van der Waals surface area contributed by atoms with Gasteiger partial charge in [0, 0.05) is 37.1 Å². The van der Waals surface area contributed by atoms with Gasteiger partial charge in [0.15, 0.2) is 0 Å². The zero-order valence-corrected chi connectivity index (χ0v) is 14.2. The minimum atomic E-state index is -0.397. The van der Waals surface area contributed by atoms with Gasteiger partial charge in [-0.2, -0.15) is 0 Å². The van der Waals surface area contributed by atoms with Crippen molar-refractivity contribution in [3.63, 3.8) is 0 Å². The molecule has 0 bridgehead atoms. The Bertz CT molecular complexity index is 799. The Morgan fingerprint density at radius 1 is 1.04 bits per heavy atom. The average Bonchev–Trinajstić information content (AvgIpc) is 3.39. The molecule has 1 saturated carbocycles. The van der Waals surface area contributed by atoms with Crippen LogP contribution in [0.1, 0.15) is 33.6 Å². The molecule has 3 rings (SSSR count). The zero-order valence-electron chi connectivity index (χ0n) is 14.2. The molecule has 2 amide bonds. The standard InChI is InChI=1S/C19H20FN3O2/c1-23(2)17-10-9-15(11-16(17)19(25)21-14-7-8-14)22-18(24)12-3-5-13(20)6-4-12/h3-6,9-11,14H,7-8H2,1-2H3,(H,21,25)(H,22,24). The van der Waals surface area contributed by atoms with E-state index in [1.807, 2.05) is 19.0 Å². The molecule has 0 aliphatic heterocycles. The molecule has 130 valence electrons. The molecule has 2 aromatic rings. The summed E-state index contributed by atoms with van der Waals surface area (Å²) >= 11 is 0. The molecule has 0 aromatic heterocycles. The SMILES string of the molecule is CN(C)c1ccc(NC(=O)c2ccc(F)cc2)cc1C(=O)NC1CC1. The molecule has 6 heteroatoms. The first-order valence-corrected chi connectivity index (χ1v) is 8.13. The number of benzene rings is 2. The van der Waals surface area contributed by atoms with Crippen molar-refractivity contribution in [2.24, 2.45) is 0 Å². The largest absolute Gasteiger partial charge is 0.377 e. The summed E-state index contributed by atoms with van der Waals surface area (Å²) in [4.78, 5) is 26.6. The number of hydrogen-bond donors (Lipinski definition) is 2. The van der Waals surface area contributed by atoms with Gasteiger partial charge in [-0.25, -0.2) is 4.39 Å². The van der Waals surface area contributed by atoms with E-state index in [4.69, 9.17) is 0 Å². The van der Waals surface area contributed by atoms with Crippen molar-refractivity contribution in [3.8, 4) is 0 Å². The van der Waals surface area contributed by atoms with E-state index in [0.29, 0.717) is 16.8 Å². The number of amides is 2. The van der Waals surface area contributed by atoms with Gasteiger partial charge < -0.3 is 15.5 Å². The molecule has 1 aliphatic carbocycles. The fraction of sp³-hybridized carbons (Fsp3) is 0.263. The van der Waals surface area contributed by atoms with E-state index < -0.39 is 5.82 Å². The summed E-state index contributed by atoms with van der Waals surface area (Å²) in [5.41, 5.74) is 2.15. The predicted molar refractivity (Wildman–Crippen MR) is 95.6 cm³/mol. The summed E-state index contributed by atoms with van der Waals surface area (Å²) in [6.45, 7) is 0. The third kappa shape index (κ3) is 4.15. The van der Waals surface area contributed by atoms with E-state index in [-0.39, 0.29) is 17.9 Å². The Morgan fingerprint density at radius 2 is 1.72 bits per heavy atom. The van der Waals surface area contributed by atoms with Gasteiger partial charge in [-0.1, -0.05) is 0 Å². The van der Waals surface area contributed by atoms with Crippen LogP contribution in [0, 0.1) is 5.82 Å². The smallest absolute Gasteiger partial charge is 0.255 e. The lowest BCUT2D eigenvalue weighted by Crippen LogP contribution is -2.27. The molecule has 1 fully saturated rings.